The zero-order valence-electron chi connectivity index (χ0n) is 18.2. The molecule has 1 aromatic heterocycles. The van der Waals surface area contributed by atoms with Crippen molar-refractivity contribution in [2.75, 3.05) is 56.2 Å². The molecule has 0 bridgehead atoms. The van der Waals surface area contributed by atoms with E-state index in [9.17, 15) is 4.39 Å². The number of hydrogen-bond donors (Lipinski definition) is 1. The fourth-order valence-corrected chi connectivity index (χ4v) is 5.54. The maximum Gasteiger partial charge on any atom is 0.148 e. The van der Waals surface area contributed by atoms with Gasteiger partial charge in [0.15, 0.2) is 0 Å². The number of likely N-dealkylation sites (tertiary alicyclic amines) is 1. The molecular formula is C26H29FN4O. The van der Waals surface area contributed by atoms with Crippen LogP contribution in [0.1, 0.15) is 5.56 Å². The average molecular weight is 433 g/mol. The van der Waals surface area contributed by atoms with E-state index >= 15 is 0 Å². The molecule has 3 aliphatic rings. The Bertz CT molecular complexity index is 1100. The minimum atomic E-state index is -0.150. The van der Waals surface area contributed by atoms with Crippen LogP contribution >= 0.6 is 0 Å². The molecule has 0 amide bonds. The van der Waals surface area contributed by atoms with E-state index in [2.05, 4.69) is 44.4 Å². The van der Waals surface area contributed by atoms with Crippen LogP contribution in [-0.2, 0) is 11.3 Å². The molecule has 32 heavy (non-hydrogen) atoms. The molecule has 2 saturated heterocycles. The summed E-state index contributed by atoms with van der Waals surface area (Å²) in [4.78, 5) is 9.21. The second-order valence-corrected chi connectivity index (χ2v) is 9.37. The van der Waals surface area contributed by atoms with Crippen molar-refractivity contribution in [3.8, 4) is 0 Å². The molecule has 0 radical (unpaired) electrons. The van der Waals surface area contributed by atoms with Gasteiger partial charge in [-0.15, -0.1) is 0 Å². The number of ether oxygens (including phenoxy) is 1. The molecule has 2 aliphatic heterocycles. The summed E-state index contributed by atoms with van der Waals surface area (Å²) < 4.78 is 20.0. The molecule has 166 valence electrons. The van der Waals surface area contributed by atoms with Gasteiger partial charge in [0.2, 0.25) is 0 Å². The summed E-state index contributed by atoms with van der Waals surface area (Å²) in [5.41, 5.74) is 3.90. The topological polar surface area (TPSA) is 40.6 Å². The van der Waals surface area contributed by atoms with Crippen LogP contribution in [0.15, 0.2) is 54.7 Å². The molecule has 2 atom stereocenters. The lowest BCUT2D eigenvalue weighted by Crippen LogP contribution is -2.36. The molecular weight excluding hydrogens is 403 g/mol. The van der Waals surface area contributed by atoms with Crippen molar-refractivity contribution in [2.24, 2.45) is 17.8 Å². The summed E-state index contributed by atoms with van der Waals surface area (Å²) in [6.07, 6.45) is 2.01. The number of anilines is 2. The fourth-order valence-electron chi connectivity index (χ4n) is 5.54. The molecule has 6 heteroatoms. The molecule has 1 N–H and O–H groups in total. The van der Waals surface area contributed by atoms with E-state index in [1.54, 1.807) is 6.07 Å². The number of nitrogens with zero attached hydrogens (tertiary/aromatic N) is 3. The van der Waals surface area contributed by atoms with Gasteiger partial charge in [-0.1, -0.05) is 18.2 Å². The van der Waals surface area contributed by atoms with E-state index in [1.807, 2.05) is 24.4 Å². The number of hydrogen-bond acceptors (Lipinski definition) is 5. The fraction of sp³-hybridized carbons (Fsp3) is 0.423. The van der Waals surface area contributed by atoms with Gasteiger partial charge in [0.05, 0.1) is 24.4 Å². The van der Waals surface area contributed by atoms with Gasteiger partial charge < -0.3 is 15.0 Å². The van der Waals surface area contributed by atoms with Crippen LogP contribution in [-0.4, -0.2) is 55.8 Å². The normalized spacial score (nSPS) is 25.2. The Labute approximate surface area is 188 Å². The van der Waals surface area contributed by atoms with Crippen LogP contribution in [0.3, 0.4) is 0 Å². The predicted octanol–water partition coefficient (Wildman–Crippen LogP) is 4.00. The standard InChI is InChI=1S/C26H29FN4O/c27-24-12-20(5-6-26(24)31-7-9-32-10-8-31)28-14-21-22-16-30(17-23(21)22)15-18-11-19-3-1-2-4-25(19)29-13-18/h1-6,11-13,21-23,28H,7-10,14-17H2. The van der Waals surface area contributed by atoms with Gasteiger partial charge in [-0.2, -0.15) is 0 Å². The van der Waals surface area contributed by atoms with Crippen LogP contribution in [0.5, 0.6) is 0 Å². The lowest BCUT2D eigenvalue weighted by atomic mass is 10.1. The highest BCUT2D eigenvalue weighted by molar-refractivity contribution is 5.78. The molecule has 3 heterocycles. The monoisotopic (exact) mass is 432 g/mol. The lowest BCUT2D eigenvalue weighted by molar-refractivity contribution is 0.122. The van der Waals surface area contributed by atoms with Crippen LogP contribution in [0.25, 0.3) is 10.9 Å². The number of fused-ring (bicyclic) bond motifs is 2. The summed E-state index contributed by atoms with van der Waals surface area (Å²) in [7, 11) is 0. The van der Waals surface area contributed by atoms with Crippen LogP contribution in [0, 0.1) is 23.6 Å². The minimum Gasteiger partial charge on any atom is -0.385 e. The maximum absolute atomic E-state index is 14.6. The summed E-state index contributed by atoms with van der Waals surface area (Å²) >= 11 is 0. The molecule has 5 nitrogen and oxygen atoms in total. The summed E-state index contributed by atoms with van der Waals surface area (Å²) in [6, 6.07) is 16.1. The third-order valence-corrected chi connectivity index (χ3v) is 7.34. The first kappa shape index (κ1) is 19.9. The minimum absolute atomic E-state index is 0.150. The van der Waals surface area contributed by atoms with Gasteiger partial charge in [0.25, 0.3) is 0 Å². The van der Waals surface area contributed by atoms with Crippen molar-refractivity contribution in [1.29, 1.82) is 0 Å². The summed E-state index contributed by atoms with van der Waals surface area (Å²) in [5, 5.41) is 4.69. The van der Waals surface area contributed by atoms with Crippen molar-refractivity contribution in [3.63, 3.8) is 0 Å². The van der Waals surface area contributed by atoms with E-state index in [-0.39, 0.29) is 5.82 Å². The van der Waals surface area contributed by atoms with Gasteiger partial charge in [-0.3, -0.25) is 9.88 Å². The summed E-state index contributed by atoms with van der Waals surface area (Å²) in [6.45, 7) is 7.02. The Morgan fingerprint density at radius 2 is 1.84 bits per heavy atom. The van der Waals surface area contributed by atoms with Crippen molar-refractivity contribution in [3.05, 3.63) is 66.1 Å². The van der Waals surface area contributed by atoms with Crippen LogP contribution < -0.4 is 10.2 Å². The Balaban J connectivity index is 1.00. The SMILES string of the molecule is Fc1cc(NCC2C3CN(Cc4cnc5ccccc5c4)CC23)ccc1N1CCOCC1. The van der Waals surface area contributed by atoms with E-state index in [0.717, 1.165) is 62.3 Å². The van der Waals surface area contributed by atoms with E-state index in [4.69, 9.17) is 4.74 Å². The van der Waals surface area contributed by atoms with Crippen molar-refractivity contribution < 1.29 is 9.13 Å². The lowest BCUT2D eigenvalue weighted by Gasteiger charge is -2.29. The summed E-state index contributed by atoms with van der Waals surface area (Å²) in [5.74, 6) is 2.06. The second kappa shape index (κ2) is 8.34. The molecule has 2 aromatic carbocycles. The zero-order valence-corrected chi connectivity index (χ0v) is 18.2. The number of benzene rings is 2. The van der Waals surface area contributed by atoms with E-state index in [0.29, 0.717) is 24.8 Å². The van der Waals surface area contributed by atoms with E-state index in [1.165, 1.54) is 10.9 Å². The first-order valence-corrected chi connectivity index (χ1v) is 11.7. The Morgan fingerprint density at radius 1 is 1.03 bits per heavy atom. The van der Waals surface area contributed by atoms with Crippen molar-refractivity contribution >= 4 is 22.3 Å². The van der Waals surface area contributed by atoms with Crippen molar-refractivity contribution in [2.45, 2.75) is 6.54 Å². The second-order valence-electron chi connectivity index (χ2n) is 9.37. The molecule has 6 rings (SSSR count). The molecule has 1 aliphatic carbocycles. The van der Waals surface area contributed by atoms with Gasteiger partial charge in [-0.25, -0.2) is 4.39 Å². The Morgan fingerprint density at radius 3 is 2.66 bits per heavy atom. The number of para-hydroxylation sites is 1. The van der Waals surface area contributed by atoms with Gasteiger partial charge in [0.1, 0.15) is 5.82 Å². The molecule has 0 spiro atoms. The highest BCUT2D eigenvalue weighted by Gasteiger charge is 2.54. The highest BCUT2D eigenvalue weighted by Crippen LogP contribution is 2.51. The number of halogens is 1. The zero-order chi connectivity index (χ0) is 21.5. The number of morpholine rings is 1. The number of aromatic nitrogens is 1. The predicted molar refractivity (Wildman–Crippen MR) is 125 cm³/mol. The largest absolute Gasteiger partial charge is 0.385 e. The third kappa shape index (κ3) is 3.93. The number of piperidine rings is 1. The average Bonchev–Trinajstić information content (AvgIpc) is 3.28. The smallest absolute Gasteiger partial charge is 0.148 e. The molecule has 1 saturated carbocycles. The van der Waals surface area contributed by atoms with Crippen LogP contribution in [0.4, 0.5) is 15.8 Å². The van der Waals surface area contributed by atoms with Gasteiger partial charge in [0, 0.05) is 56.5 Å². The van der Waals surface area contributed by atoms with Gasteiger partial charge >= 0.3 is 0 Å². The quantitative estimate of drug-likeness (QED) is 0.638. The van der Waals surface area contributed by atoms with Gasteiger partial charge in [-0.05, 0) is 53.6 Å². The maximum atomic E-state index is 14.6. The number of pyridine rings is 1. The number of rotatable bonds is 6. The van der Waals surface area contributed by atoms with Crippen LogP contribution in [0.2, 0.25) is 0 Å². The highest BCUT2D eigenvalue weighted by atomic mass is 19.1. The molecule has 3 fully saturated rings. The van der Waals surface area contributed by atoms with E-state index < -0.39 is 0 Å². The first-order chi connectivity index (χ1) is 15.7. The molecule has 2 unspecified atom stereocenters. The molecule has 3 aromatic rings. The Kier molecular flexibility index (Phi) is 5.20. The Hall–Kier alpha value is -2.70. The first-order valence-electron chi connectivity index (χ1n) is 11.7. The van der Waals surface area contributed by atoms with Crippen molar-refractivity contribution in [1.82, 2.24) is 9.88 Å². The third-order valence-electron chi connectivity index (χ3n) is 7.34. The number of nitrogens with one attached hydrogen (secondary N) is 1.